The molecule has 1 heterocycles. The van der Waals surface area contributed by atoms with Crippen LogP contribution in [-0.4, -0.2) is 0 Å². The molecule has 0 amide bonds. The number of hydrogen-bond donors (Lipinski definition) is 0. The minimum atomic E-state index is -0.155. The van der Waals surface area contributed by atoms with Crippen LogP contribution in [0.15, 0.2) is 158 Å². The number of ether oxygens (including phenoxy) is 1. The van der Waals surface area contributed by atoms with Crippen LogP contribution < -0.4 is 4.74 Å². The minimum Gasteiger partial charge on any atom is -0.456 e. The predicted molar refractivity (Wildman–Crippen MR) is 201 cm³/mol. The molecule has 0 radical (unpaired) electrons. The fourth-order valence-electron chi connectivity index (χ4n) is 7.85. The molecule has 1 heteroatoms. The SMILES string of the molecule is [2H]c1c([2H])c(-c2ccc3c4c(cccc24)-c2cc(-c4ccccc4)ccc2O3)c([2H])c([2H])c1-c1ccc2cc3c(cc2c1)C(C)(C)c1ccccc1-3. The summed E-state index contributed by atoms with van der Waals surface area (Å²) in [5.41, 5.74) is 11.0. The van der Waals surface area contributed by atoms with Gasteiger partial charge in [-0.05, 0) is 114 Å². The topological polar surface area (TPSA) is 9.23 Å². The highest BCUT2D eigenvalue weighted by molar-refractivity contribution is 6.10. The normalized spacial score (nSPS) is 14.7. The summed E-state index contributed by atoms with van der Waals surface area (Å²) in [4.78, 5) is 0. The van der Waals surface area contributed by atoms with Gasteiger partial charge in [-0.15, -0.1) is 0 Å². The van der Waals surface area contributed by atoms with Crippen LogP contribution in [0.4, 0.5) is 0 Å². The number of hydrogen-bond acceptors (Lipinski definition) is 1. The molecule has 226 valence electrons. The summed E-state index contributed by atoms with van der Waals surface area (Å²) in [7, 11) is 0. The average molecular weight is 617 g/mol. The van der Waals surface area contributed by atoms with Gasteiger partial charge in [-0.3, -0.25) is 0 Å². The van der Waals surface area contributed by atoms with Crippen molar-refractivity contribution in [3.05, 3.63) is 169 Å². The van der Waals surface area contributed by atoms with E-state index in [9.17, 15) is 5.48 Å². The van der Waals surface area contributed by atoms with E-state index in [1.54, 1.807) is 0 Å². The Hall–Kier alpha value is -5.92. The third-order valence-electron chi connectivity index (χ3n) is 10.3. The molecule has 0 unspecified atom stereocenters. The first-order chi connectivity index (χ1) is 25.2. The zero-order valence-electron chi connectivity index (χ0n) is 30.6. The Kier molecular flexibility index (Phi) is 4.90. The first-order valence-electron chi connectivity index (χ1n) is 18.4. The van der Waals surface area contributed by atoms with Gasteiger partial charge in [0.2, 0.25) is 0 Å². The largest absolute Gasteiger partial charge is 0.456 e. The summed E-state index contributed by atoms with van der Waals surface area (Å²) in [6, 6.07) is 45.1. The van der Waals surface area contributed by atoms with Crippen LogP contribution in [0, 0.1) is 0 Å². The van der Waals surface area contributed by atoms with Gasteiger partial charge >= 0.3 is 0 Å². The lowest BCUT2D eigenvalue weighted by atomic mass is 9.82. The Labute approximate surface area is 286 Å². The second-order valence-electron chi connectivity index (χ2n) is 13.4. The van der Waals surface area contributed by atoms with Crippen LogP contribution >= 0.6 is 0 Å². The van der Waals surface area contributed by atoms with Gasteiger partial charge in [-0.1, -0.05) is 135 Å². The highest BCUT2D eigenvalue weighted by Gasteiger charge is 2.35. The molecule has 0 spiro atoms. The standard InChI is InChI=1S/C47H32O/c1-47(2)42-14-7-6-11-37(42)40-26-34-20-19-32(25-35(34)28-43(40)47)30-15-17-31(18-16-30)36-22-24-45-46-38(36)12-8-13-39(46)41-27-33(21-23-44(41)48-45)29-9-4-3-5-10-29/h3-28H,1-2H3/i15D,16D,17D,18D. The number of benzene rings is 8. The summed E-state index contributed by atoms with van der Waals surface area (Å²) >= 11 is 0. The maximum absolute atomic E-state index is 9.31. The summed E-state index contributed by atoms with van der Waals surface area (Å²) < 4.78 is 43.6. The molecule has 48 heavy (non-hydrogen) atoms. The van der Waals surface area contributed by atoms with Crippen molar-refractivity contribution >= 4 is 21.5 Å². The van der Waals surface area contributed by atoms with E-state index in [1.807, 2.05) is 66.7 Å². The summed E-state index contributed by atoms with van der Waals surface area (Å²) in [5.74, 6) is 1.48. The summed E-state index contributed by atoms with van der Waals surface area (Å²) in [6.07, 6.45) is 0. The molecule has 1 nitrogen and oxygen atoms in total. The number of rotatable bonds is 3. The molecule has 0 N–H and O–H groups in total. The van der Waals surface area contributed by atoms with Crippen molar-refractivity contribution in [3.63, 3.8) is 0 Å². The lowest BCUT2D eigenvalue weighted by Crippen LogP contribution is -2.14. The van der Waals surface area contributed by atoms with Gasteiger partial charge in [0.1, 0.15) is 11.5 Å². The van der Waals surface area contributed by atoms with Gasteiger partial charge in [-0.2, -0.15) is 0 Å². The lowest BCUT2D eigenvalue weighted by Gasteiger charge is -2.23. The van der Waals surface area contributed by atoms with E-state index >= 15 is 0 Å². The molecule has 0 aromatic heterocycles. The van der Waals surface area contributed by atoms with Gasteiger partial charge in [0.05, 0.1) is 5.48 Å². The van der Waals surface area contributed by atoms with Gasteiger partial charge in [0.15, 0.2) is 0 Å². The molecule has 0 saturated heterocycles. The molecular weight excluding hydrogens is 581 g/mol. The highest BCUT2D eigenvalue weighted by Crippen LogP contribution is 2.51. The van der Waals surface area contributed by atoms with Gasteiger partial charge in [0, 0.05) is 16.4 Å². The second-order valence-corrected chi connectivity index (χ2v) is 13.4. The maximum atomic E-state index is 9.31. The predicted octanol–water partition coefficient (Wildman–Crippen LogP) is 13.1. The Balaban J connectivity index is 1.11. The van der Waals surface area contributed by atoms with Gasteiger partial charge in [0.25, 0.3) is 0 Å². The van der Waals surface area contributed by atoms with Gasteiger partial charge < -0.3 is 4.74 Å². The molecule has 0 saturated carbocycles. The Morgan fingerprint density at radius 1 is 0.438 bits per heavy atom. The Morgan fingerprint density at radius 2 is 1.17 bits per heavy atom. The van der Waals surface area contributed by atoms with Crippen molar-refractivity contribution in [2.24, 2.45) is 0 Å². The van der Waals surface area contributed by atoms with E-state index in [4.69, 9.17) is 4.74 Å². The van der Waals surface area contributed by atoms with E-state index in [2.05, 4.69) is 80.6 Å². The molecule has 1 aliphatic carbocycles. The molecular formula is C47H32O. The molecule has 8 aromatic rings. The fourth-order valence-corrected chi connectivity index (χ4v) is 7.85. The summed E-state index contributed by atoms with van der Waals surface area (Å²) in [6.45, 7) is 4.51. The van der Waals surface area contributed by atoms with Crippen LogP contribution in [0.3, 0.4) is 0 Å². The van der Waals surface area contributed by atoms with Crippen molar-refractivity contribution in [1.29, 1.82) is 0 Å². The van der Waals surface area contributed by atoms with E-state index < -0.39 is 0 Å². The molecule has 0 bridgehead atoms. The third-order valence-corrected chi connectivity index (χ3v) is 10.3. The van der Waals surface area contributed by atoms with E-state index in [-0.39, 0.29) is 35.1 Å². The van der Waals surface area contributed by atoms with Gasteiger partial charge in [-0.25, -0.2) is 0 Å². The Bertz CT molecular complexity index is 2810. The molecule has 1 aliphatic heterocycles. The summed E-state index contributed by atoms with van der Waals surface area (Å²) in [5, 5.41) is 3.80. The maximum Gasteiger partial charge on any atom is 0.135 e. The van der Waals surface area contributed by atoms with Crippen molar-refractivity contribution in [2.45, 2.75) is 19.3 Å². The lowest BCUT2D eigenvalue weighted by molar-refractivity contribution is 0.487. The van der Waals surface area contributed by atoms with E-state index in [0.29, 0.717) is 22.4 Å². The third kappa shape index (κ3) is 3.98. The first-order valence-corrected chi connectivity index (χ1v) is 16.4. The van der Waals surface area contributed by atoms with Crippen LogP contribution in [0.2, 0.25) is 0 Å². The molecule has 2 aliphatic rings. The smallest absolute Gasteiger partial charge is 0.135 e. The molecule has 8 aromatic carbocycles. The highest BCUT2D eigenvalue weighted by atomic mass is 16.5. The van der Waals surface area contributed by atoms with Crippen LogP contribution in [0.5, 0.6) is 11.5 Å². The first kappa shape index (κ1) is 23.4. The van der Waals surface area contributed by atoms with Crippen LogP contribution in [-0.2, 0) is 5.41 Å². The molecule has 0 fully saturated rings. The molecule has 10 rings (SSSR count). The zero-order valence-corrected chi connectivity index (χ0v) is 26.6. The average Bonchev–Trinajstić information content (AvgIpc) is 3.39. The van der Waals surface area contributed by atoms with Crippen LogP contribution in [0.25, 0.3) is 77.2 Å². The second kappa shape index (κ2) is 10.0. The van der Waals surface area contributed by atoms with Crippen molar-refractivity contribution in [1.82, 2.24) is 0 Å². The molecule has 0 atom stereocenters. The Morgan fingerprint density at radius 3 is 2.04 bits per heavy atom. The van der Waals surface area contributed by atoms with Crippen molar-refractivity contribution in [3.8, 4) is 67.1 Å². The van der Waals surface area contributed by atoms with E-state index in [0.717, 1.165) is 49.5 Å². The number of fused-ring (bicyclic) bond motifs is 6. The fraction of sp³-hybridized carbons (Fsp3) is 0.0638. The van der Waals surface area contributed by atoms with Crippen molar-refractivity contribution in [2.75, 3.05) is 0 Å². The quantitative estimate of drug-likeness (QED) is 0.192. The zero-order chi connectivity index (χ0) is 35.5. The van der Waals surface area contributed by atoms with Crippen molar-refractivity contribution < 1.29 is 10.2 Å². The minimum absolute atomic E-state index is 0.0566. The monoisotopic (exact) mass is 616 g/mol. The van der Waals surface area contributed by atoms with E-state index in [1.165, 1.54) is 22.3 Å². The van der Waals surface area contributed by atoms with Crippen LogP contribution in [0.1, 0.15) is 30.5 Å².